The third kappa shape index (κ3) is 3.99. The van der Waals surface area contributed by atoms with E-state index in [9.17, 15) is 4.79 Å². The number of fused-ring (bicyclic) bond motifs is 3. The largest absolute Gasteiger partial charge is 0.378 e. The summed E-state index contributed by atoms with van der Waals surface area (Å²) in [5.41, 5.74) is 4.83. The zero-order chi connectivity index (χ0) is 22.2. The molecule has 5 heteroatoms. The number of anilines is 1. The van der Waals surface area contributed by atoms with Crippen LogP contribution in [0.1, 0.15) is 45.4 Å². The molecule has 0 radical (unpaired) electrons. The molecule has 3 aromatic carbocycles. The lowest BCUT2D eigenvalue weighted by Gasteiger charge is -2.37. The molecule has 160 valence electrons. The van der Waals surface area contributed by atoms with Crippen molar-refractivity contribution in [1.29, 1.82) is 0 Å². The van der Waals surface area contributed by atoms with Crippen molar-refractivity contribution in [3.8, 4) is 0 Å². The number of rotatable bonds is 4. The lowest BCUT2D eigenvalue weighted by atomic mass is 9.76. The second-order valence-corrected chi connectivity index (χ2v) is 9.39. The topological polar surface area (TPSA) is 29.1 Å². The van der Waals surface area contributed by atoms with E-state index in [1.165, 1.54) is 5.56 Å². The molecule has 2 aliphatic rings. The number of benzene rings is 3. The minimum atomic E-state index is -0.0674. The van der Waals surface area contributed by atoms with Gasteiger partial charge in [-0.05, 0) is 77.6 Å². The Bertz CT molecular complexity index is 1250. The van der Waals surface area contributed by atoms with Gasteiger partial charge in [0.25, 0.3) is 0 Å². The molecule has 1 heterocycles. The van der Waals surface area contributed by atoms with Gasteiger partial charge in [-0.2, -0.15) is 0 Å². The van der Waals surface area contributed by atoms with Gasteiger partial charge in [0, 0.05) is 22.2 Å². The fourth-order valence-corrected chi connectivity index (χ4v) is 5.16. The van der Waals surface area contributed by atoms with Gasteiger partial charge >= 0.3 is 0 Å². The van der Waals surface area contributed by atoms with Crippen molar-refractivity contribution in [2.45, 2.75) is 18.4 Å². The number of halogens is 3. The maximum absolute atomic E-state index is 12.9. The number of nitrogens with one attached hydrogen (secondary N) is 1. The van der Waals surface area contributed by atoms with Crippen LogP contribution in [0.5, 0.6) is 0 Å². The summed E-state index contributed by atoms with van der Waals surface area (Å²) in [6, 6.07) is 19.5. The van der Waals surface area contributed by atoms with E-state index in [1.807, 2.05) is 42.5 Å². The standard InChI is InChI=1S/C27H20Cl3NO/c28-19-11-7-17(8-12-19)27-21-5-2-4-20(21)22-15-18(9-13-24(22)31-27)25(32)14-10-16-3-1-6-23(29)26(16)30/h1-4,6-15,20-21,27,31H,5H2/b14-10-/t20-,21+,27+/m1/s1. The van der Waals surface area contributed by atoms with Gasteiger partial charge in [-0.15, -0.1) is 0 Å². The van der Waals surface area contributed by atoms with E-state index in [2.05, 4.69) is 29.6 Å². The van der Waals surface area contributed by atoms with Crippen LogP contribution in [0.15, 0.2) is 78.9 Å². The lowest BCUT2D eigenvalue weighted by Crippen LogP contribution is -2.29. The molecule has 0 amide bonds. The molecular formula is C27H20Cl3NO. The summed E-state index contributed by atoms with van der Waals surface area (Å²) >= 11 is 18.4. The summed E-state index contributed by atoms with van der Waals surface area (Å²) in [5, 5.41) is 5.35. The first-order valence-electron chi connectivity index (χ1n) is 10.5. The van der Waals surface area contributed by atoms with Crippen LogP contribution in [0, 0.1) is 5.92 Å². The number of ketones is 1. The molecule has 1 aliphatic carbocycles. The van der Waals surface area contributed by atoms with Crippen LogP contribution >= 0.6 is 34.8 Å². The highest BCUT2D eigenvalue weighted by Crippen LogP contribution is 2.50. The molecule has 1 N–H and O–H groups in total. The van der Waals surface area contributed by atoms with E-state index >= 15 is 0 Å². The number of allylic oxidation sites excluding steroid dienone is 3. The Kier molecular flexibility index (Phi) is 5.86. The highest BCUT2D eigenvalue weighted by molar-refractivity contribution is 6.43. The first kappa shape index (κ1) is 21.3. The zero-order valence-corrected chi connectivity index (χ0v) is 19.3. The first-order valence-corrected chi connectivity index (χ1v) is 11.6. The van der Waals surface area contributed by atoms with Crippen LogP contribution < -0.4 is 5.32 Å². The average Bonchev–Trinajstić information content (AvgIpc) is 3.30. The first-order chi connectivity index (χ1) is 15.5. The van der Waals surface area contributed by atoms with Crippen LogP contribution in [0.4, 0.5) is 5.69 Å². The summed E-state index contributed by atoms with van der Waals surface area (Å²) in [6.07, 6.45) is 8.76. The molecule has 5 rings (SSSR count). The molecule has 0 saturated heterocycles. The fraction of sp³-hybridized carbons (Fsp3) is 0.148. The maximum Gasteiger partial charge on any atom is 0.185 e. The SMILES string of the molecule is O=C(/C=C\c1cccc(Cl)c1Cl)c1ccc2c(c1)[C@@H]1C=CC[C@@H]1[C@H](c1ccc(Cl)cc1)N2. The molecule has 0 unspecified atom stereocenters. The summed E-state index contributed by atoms with van der Waals surface area (Å²) in [5.74, 6) is 0.600. The van der Waals surface area contributed by atoms with Crippen molar-refractivity contribution < 1.29 is 4.79 Å². The van der Waals surface area contributed by atoms with Crippen molar-refractivity contribution in [3.05, 3.63) is 116 Å². The summed E-state index contributed by atoms with van der Waals surface area (Å²) in [4.78, 5) is 12.9. The summed E-state index contributed by atoms with van der Waals surface area (Å²) in [7, 11) is 0. The van der Waals surface area contributed by atoms with E-state index in [1.54, 1.807) is 18.2 Å². The molecule has 32 heavy (non-hydrogen) atoms. The van der Waals surface area contributed by atoms with E-state index in [0.717, 1.165) is 28.3 Å². The van der Waals surface area contributed by atoms with Gasteiger partial charge in [-0.25, -0.2) is 0 Å². The molecule has 0 saturated carbocycles. The van der Waals surface area contributed by atoms with Gasteiger partial charge in [-0.3, -0.25) is 4.79 Å². The quantitative estimate of drug-likeness (QED) is 0.231. The minimum absolute atomic E-state index is 0.0674. The molecule has 3 aromatic rings. The van der Waals surface area contributed by atoms with Crippen molar-refractivity contribution in [2.75, 3.05) is 5.32 Å². The van der Waals surface area contributed by atoms with Gasteiger partial charge < -0.3 is 5.32 Å². The van der Waals surface area contributed by atoms with Gasteiger partial charge in [0.15, 0.2) is 5.78 Å². The molecule has 3 atom stereocenters. The van der Waals surface area contributed by atoms with Crippen molar-refractivity contribution in [2.24, 2.45) is 5.92 Å². The maximum atomic E-state index is 12.9. The second kappa shape index (κ2) is 8.78. The Balaban J connectivity index is 1.43. The van der Waals surface area contributed by atoms with Crippen LogP contribution in [-0.4, -0.2) is 5.78 Å². The van der Waals surface area contributed by atoms with E-state index in [-0.39, 0.29) is 17.7 Å². The molecule has 0 fully saturated rings. The summed E-state index contributed by atoms with van der Waals surface area (Å²) < 4.78 is 0. The van der Waals surface area contributed by atoms with E-state index in [4.69, 9.17) is 34.8 Å². The van der Waals surface area contributed by atoms with Gasteiger partial charge in [-0.1, -0.05) is 71.2 Å². The highest BCUT2D eigenvalue weighted by Gasteiger charge is 2.38. The number of carbonyl (C=O) groups is 1. The third-order valence-electron chi connectivity index (χ3n) is 6.27. The molecule has 0 spiro atoms. The number of hydrogen-bond acceptors (Lipinski definition) is 2. The molecule has 0 bridgehead atoms. The smallest absolute Gasteiger partial charge is 0.185 e. The predicted octanol–water partition coefficient (Wildman–Crippen LogP) is 8.37. The molecule has 1 aliphatic heterocycles. The Morgan fingerprint density at radius 2 is 1.81 bits per heavy atom. The third-order valence-corrected chi connectivity index (χ3v) is 7.36. The Labute approximate surface area is 202 Å². The number of carbonyl (C=O) groups excluding carboxylic acids is 1. The number of hydrogen-bond donors (Lipinski definition) is 1. The average molecular weight is 481 g/mol. The normalized spacial score (nSPS) is 21.3. The monoisotopic (exact) mass is 479 g/mol. The minimum Gasteiger partial charge on any atom is -0.378 e. The Morgan fingerprint density at radius 1 is 1.00 bits per heavy atom. The molecule has 2 nitrogen and oxygen atoms in total. The zero-order valence-electron chi connectivity index (χ0n) is 17.1. The Hall–Kier alpha value is -2.52. The fourth-order valence-electron chi connectivity index (χ4n) is 4.66. The van der Waals surface area contributed by atoms with Crippen molar-refractivity contribution in [3.63, 3.8) is 0 Å². The van der Waals surface area contributed by atoms with Crippen LogP contribution in [0.3, 0.4) is 0 Å². The highest BCUT2D eigenvalue weighted by atomic mass is 35.5. The van der Waals surface area contributed by atoms with E-state index in [0.29, 0.717) is 21.5 Å². The Morgan fingerprint density at radius 3 is 2.62 bits per heavy atom. The molecular weight excluding hydrogens is 461 g/mol. The van der Waals surface area contributed by atoms with Crippen LogP contribution in [0.25, 0.3) is 6.08 Å². The second-order valence-electron chi connectivity index (χ2n) is 8.17. The van der Waals surface area contributed by atoms with E-state index < -0.39 is 0 Å². The van der Waals surface area contributed by atoms with Crippen LogP contribution in [-0.2, 0) is 0 Å². The summed E-state index contributed by atoms with van der Waals surface area (Å²) in [6.45, 7) is 0. The van der Waals surface area contributed by atoms with Crippen molar-refractivity contribution >= 4 is 52.3 Å². The van der Waals surface area contributed by atoms with Gasteiger partial charge in [0.05, 0.1) is 16.1 Å². The van der Waals surface area contributed by atoms with Crippen molar-refractivity contribution in [1.82, 2.24) is 0 Å². The predicted molar refractivity (Wildman–Crippen MR) is 134 cm³/mol. The molecule has 0 aromatic heterocycles. The van der Waals surface area contributed by atoms with Crippen LogP contribution in [0.2, 0.25) is 15.1 Å². The van der Waals surface area contributed by atoms with Gasteiger partial charge in [0.1, 0.15) is 0 Å². The van der Waals surface area contributed by atoms with Gasteiger partial charge in [0.2, 0.25) is 0 Å². The lowest BCUT2D eigenvalue weighted by molar-refractivity contribution is 0.104.